The molecule has 0 saturated heterocycles. The maximum absolute atomic E-state index is 4.35. The number of nitrogens with zero attached hydrogens (tertiary/aromatic N) is 2. The Morgan fingerprint density at radius 1 is 1.37 bits per heavy atom. The minimum absolute atomic E-state index is 0.517. The summed E-state index contributed by atoms with van der Waals surface area (Å²) in [6, 6.07) is 8.97. The molecule has 19 heavy (non-hydrogen) atoms. The number of likely N-dealkylation sites (N-methyl/N-ethyl adjacent to an activating group) is 1. The Hall–Kier alpha value is -1.39. The first-order valence-corrected chi connectivity index (χ1v) is 7.43. The first-order chi connectivity index (χ1) is 9.20. The van der Waals surface area contributed by atoms with Crippen molar-refractivity contribution >= 4 is 17.2 Å². The second kappa shape index (κ2) is 6.68. The van der Waals surface area contributed by atoms with Gasteiger partial charge in [-0.3, -0.25) is 4.90 Å². The first kappa shape index (κ1) is 14.0. The van der Waals surface area contributed by atoms with Gasteiger partial charge in [0.2, 0.25) is 0 Å². The van der Waals surface area contributed by atoms with Crippen LogP contribution in [0.4, 0.5) is 5.82 Å². The van der Waals surface area contributed by atoms with E-state index in [-0.39, 0.29) is 0 Å². The van der Waals surface area contributed by atoms with E-state index in [1.165, 1.54) is 10.4 Å². The molecule has 1 atom stereocenters. The summed E-state index contributed by atoms with van der Waals surface area (Å²) in [5.74, 6) is 0.970. The molecule has 1 unspecified atom stereocenters. The summed E-state index contributed by atoms with van der Waals surface area (Å²) in [5.41, 5.74) is 1.24. The van der Waals surface area contributed by atoms with Gasteiger partial charge in [-0.1, -0.05) is 12.1 Å². The molecule has 0 aromatic carbocycles. The summed E-state index contributed by atoms with van der Waals surface area (Å²) in [4.78, 5) is 8.17. The van der Waals surface area contributed by atoms with Crippen molar-refractivity contribution in [3.63, 3.8) is 0 Å². The second-order valence-corrected chi connectivity index (χ2v) is 5.84. The largest absolute Gasteiger partial charge is 0.373 e. The lowest BCUT2D eigenvalue weighted by Crippen LogP contribution is -2.30. The fourth-order valence-electron chi connectivity index (χ4n) is 2.09. The van der Waals surface area contributed by atoms with Crippen LogP contribution in [0, 0.1) is 0 Å². The average molecular weight is 275 g/mol. The molecular weight excluding hydrogens is 254 g/mol. The van der Waals surface area contributed by atoms with Crippen molar-refractivity contribution in [2.75, 3.05) is 19.4 Å². The van der Waals surface area contributed by atoms with Gasteiger partial charge in [0.25, 0.3) is 0 Å². The number of rotatable bonds is 6. The Labute approximate surface area is 119 Å². The SMILES string of the molecule is CNc1ncccc1CN(C)C(C)Cc1cccs1. The van der Waals surface area contributed by atoms with Gasteiger partial charge >= 0.3 is 0 Å². The van der Waals surface area contributed by atoms with Crippen LogP contribution in [0.5, 0.6) is 0 Å². The lowest BCUT2D eigenvalue weighted by atomic mass is 10.1. The fraction of sp³-hybridized carbons (Fsp3) is 0.400. The van der Waals surface area contributed by atoms with Crippen molar-refractivity contribution in [1.82, 2.24) is 9.88 Å². The Bertz CT molecular complexity index is 496. The molecule has 0 aliphatic carbocycles. The van der Waals surface area contributed by atoms with Gasteiger partial charge in [0.05, 0.1) is 0 Å². The molecule has 2 aromatic rings. The van der Waals surface area contributed by atoms with Crippen molar-refractivity contribution in [2.45, 2.75) is 25.9 Å². The summed E-state index contributed by atoms with van der Waals surface area (Å²) in [6.07, 6.45) is 2.92. The zero-order valence-electron chi connectivity index (χ0n) is 11.8. The zero-order valence-corrected chi connectivity index (χ0v) is 12.6. The highest BCUT2D eigenvalue weighted by Crippen LogP contribution is 2.17. The Kier molecular flexibility index (Phi) is 4.93. The maximum atomic E-state index is 4.35. The van der Waals surface area contributed by atoms with E-state index in [9.17, 15) is 0 Å². The molecule has 0 spiro atoms. The van der Waals surface area contributed by atoms with Crippen molar-refractivity contribution < 1.29 is 0 Å². The Morgan fingerprint density at radius 3 is 2.89 bits per heavy atom. The molecule has 0 saturated carbocycles. The van der Waals surface area contributed by atoms with Crippen LogP contribution in [-0.4, -0.2) is 30.0 Å². The van der Waals surface area contributed by atoms with Crippen LogP contribution in [0.1, 0.15) is 17.4 Å². The fourth-order valence-corrected chi connectivity index (χ4v) is 2.92. The van der Waals surface area contributed by atoms with Gasteiger partial charge in [-0.15, -0.1) is 11.3 Å². The molecule has 0 amide bonds. The molecule has 2 rings (SSSR count). The minimum atomic E-state index is 0.517. The zero-order chi connectivity index (χ0) is 13.7. The topological polar surface area (TPSA) is 28.2 Å². The van der Waals surface area contributed by atoms with Crippen LogP contribution < -0.4 is 5.32 Å². The predicted molar refractivity (Wildman–Crippen MR) is 82.7 cm³/mol. The molecule has 4 heteroatoms. The second-order valence-electron chi connectivity index (χ2n) is 4.81. The van der Waals surface area contributed by atoms with Gasteiger partial charge in [0.1, 0.15) is 5.82 Å². The van der Waals surface area contributed by atoms with E-state index in [1.54, 1.807) is 0 Å². The van der Waals surface area contributed by atoms with Crippen LogP contribution in [0.25, 0.3) is 0 Å². The number of hydrogen-bond donors (Lipinski definition) is 1. The number of aromatic nitrogens is 1. The third kappa shape index (κ3) is 3.78. The van der Waals surface area contributed by atoms with E-state index >= 15 is 0 Å². The molecule has 0 radical (unpaired) electrons. The van der Waals surface area contributed by atoms with Crippen molar-refractivity contribution in [1.29, 1.82) is 0 Å². The normalized spacial score (nSPS) is 12.6. The Morgan fingerprint density at radius 2 is 2.21 bits per heavy atom. The lowest BCUT2D eigenvalue weighted by Gasteiger charge is -2.25. The molecule has 0 aliphatic heterocycles. The summed E-state index contributed by atoms with van der Waals surface area (Å²) in [6.45, 7) is 3.19. The molecule has 2 aromatic heterocycles. The van der Waals surface area contributed by atoms with Gasteiger partial charge in [-0.05, 0) is 37.9 Å². The summed E-state index contributed by atoms with van der Waals surface area (Å²) in [5, 5.41) is 5.29. The van der Waals surface area contributed by atoms with E-state index in [0.717, 1.165) is 18.8 Å². The summed E-state index contributed by atoms with van der Waals surface area (Å²) >= 11 is 1.83. The molecular formula is C15H21N3S. The molecule has 1 N–H and O–H groups in total. The van der Waals surface area contributed by atoms with Crippen LogP contribution >= 0.6 is 11.3 Å². The minimum Gasteiger partial charge on any atom is -0.373 e. The van der Waals surface area contributed by atoms with Crippen LogP contribution in [0.2, 0.25) is 0 Å². The van der Waals surface area contributed by atoms with Crippen LogP contribution in [-0.2, 0) is 13.0 Å². The smallest absolute Gasteiger partial charge is 0.130 e. The highest BCUT2D eigenvalue weighted by atomic mass is 32.1. The predicted octanol–water partition coefficient (Wildman–Crippen LogP) is 3.25. The third-order valence-corrected chi connectivity index (χ3v) is 4.28. The van der Waals surface area contributed by atoms with Gasteiger partial charge in [-0.2, -0.15) is 0 Å². The van der Waals surface area contributed by atoms with Crippen molar-refractivity contribution in [3.05, 3.63) is 46.3 Å². The summed E-state index contributed by atoms with van der Waals surface area (Å²) < 4.78 is 0. The Balaban J connectivity index is 1.98. The number of nitrogens with one attached hydrogen (secondary N) is 1. The third-order valence-electron chi connectivity index (χ3n) is 3.38. The maximum Gasteiger partial charge on any atom is 0.130 e. The number of anilines is 1. The van der Waals surface area contributed by atoms with Gasteiger partial charge in [0.15, 0.2) is 0 Å². The van der Waals surface area contributed by atoms with Gasteiger partial charge in [0, 0.05) is 36.3 Å². The summed E-state index contributed by atoms with van der Waals surface area (Å²) in [7, 11) is 4.09. The number of hydrogen-bond acceptors (Lipinski definition) is 4. The highest BCUT2D eigenvalue weighted by molar-refractivity contribution is 7.09. The standard InChI is InChI=1S/C15H21N3S/c1-12(10-14-7-5-9-19-14)18(3)11-13-6-4-8-17-15(13)16-2/h4-9,12H,10-11H2,1-3H3,(H,16,17). The molecule has 3 nitrogen and oxygen atoms in total. The van der Waals surface area contributed by atoms with E-state index in [2.05, 4.69) is 52.8 Å². The van der Waals surface area contributed by atoms with E-state index < -0.39 is 0 Å². The molecule has 0 bridgehead atoms. The first-order valence-electron chi connectivity index (χ1n) is 6.55. The van der Waals surface area contributed by atoms with E-state index in [4.69, 9.17) is 0 Å². The van der Waals surface area contributed by atoms with Crippen LogP contribution in [0.3, 0.4) is 0 Å². The van der Waals surface area contributed by atoms with Gasteiger partial charge in [-0.25, -0.2) is 4.98 Å². The molecule has 0 fully saturated rings. The molecule has 0 aliphatic rings. The number of pyridine rings is 1. The van der Waals surface area contributed by atoms with Crippen molar-refractivity contribution in [3.8, 4) is 0 Å². The highest BCUT2D eigenvalue weighted by Gasteiger charge is 2.12. The van der Waals surface area contributed by atoms with E-state index in [1.807, 2.05) is 30.6 Å². The van der Waals surface area contributed by atoms with Crippen LogP contribution in [0.15, 0.2) is 35.8 Å². The quantitative estimate of drug-likeness (QED) is 0.877. The molecule has 2 heterocycles. The van der Waals surface area contributed by atoms with E-state index in [0.29, 0.717) is 6.04 Å². The number of thiophene rings is 1. The lowest BCUT2D eigenvalue weighted by molar-refractivity contribution is 0.249. The molecule has 102 valence electrons. The average Bonchev–Trinajstić information content (AvgIpc) is 2.92. The monoisotopic (exact) mass is 275 g/mol. The van der Waals surface area contributed by atoms with Gasteiger partial charge < -0.3 is 5.32 Å². The van der Waals surface area contributed by atoms with Crippen molar-refractivity contribution in [2.24, 2.45) is 0 Å².